The lowest BCUT2D eigenvalue weighted by atomic mass is 10.2. The molecule has 34 heavy (non-hydrogen) atoms. The van der Waals surface area contributed by atoms with Crippen molar-refractivity contribution >= 4 is 46.0 Å². The van der Waals surface area contributed by atoms with Crippen molar-refractivity contribution < 1.29 is 9.53 Å². The maximum absolute atomic E-state index is 13.0. The number of H-pyrrole nitrogens is 1. The van der Waals surface area contributed by atoms with E-state index in [1.165, 1.54) is 18.9 Å². The molecule has 2 aromatic carbocycles. The summed E-state index contributed by atoms with van der Waals surface area (Å²) in [5.74, 6) is -0.783. The highest BCUT2D eigenvalue weighted by molar-refractivity contribution is 7.99. The van der Waals surface area contributed by atoms with Crippen molar-refractivity contribution in [1.29, 1.82) is 0 Å². The average Bonchev–Trinajstić information content (AvgIpc) is 3.14. The normalized spacial score (nSPS) is 11.2. The highest BCUT2D eigenvalue weighted by Gasteiger charge is 2.21. The fourth-order valence-electron chi connectivity index (χ4n) is 3.57. The topological polar surface area (TPSA) is 125 Å². The van der Waals surface area contributed by atoms with Crippen molar-refractivity contribution in [3.63, 3.8) is 0 Å². The van der Waals surface area contributed by atoms with E-state index in [1.807, 2.05) is 41.0 Å². The first-order chi connectivity index (χ1) is 16.4. The van der Waals surface area contributed by atoms with Crippen LogP contribution in [0.2, 0.25) is 5.02 Å². The molecule has 0 unspecified atom stereocenters. The maximum Gasteiger partial charge on any atom is 0.330 e. The third-order valence-corrected chi connectivity index (χ3v) is 6.44. The predicted molar refractivity (Wildman–Crippen MR) is 133 cm³/mol. The molecular formula is C23H22ClN5O4S. The number of ketones is 1. The third kappa shape index (κ3) is 4.93. The Morgan fingerprint density at radius 3 is 2.68 bits per heavy atom. The Hall–Kier alpha value is -3.34. The van der Waals surface area contributed by atoms with Gasteiger partial charge >= 0.3 is 5.69 Å². The van der Waals surface area contributed by atoms with Crippen molar-refractivity contribution in [2.45, 2.75) is 18.2 Å². The van der Waals surface area contributed by atoms with E-state index < -0.39 is 17.0 Å². The van der Waals surface area contributed by atoms with E-state index in [9.17, 15) is 14.4 Å². The Balaban J connectivity index is 1.65. The van der Waals surface area contributed by atoms with Gasteiger partial charge in [-0.1, -0.05) is 53.7 Å². The average molecular weight is 500 g/mol. The molecule has 0 atom stereocenters. The number of carbonyl (C=O) groups is 1. The molecule has 0 saturated heterocycles. The molecule has 0 saturated carbocycles. The molecule has 0 aliphatic heterocycles. The molecular weight excluding hydrogens is 478 g/mol. The summed E-state index contributed by atoms with van der Waals surface area (Å²) in [5.41, 5.74) is 6.90. The number of carbonyl (C=O) groups excluding carboxylic acids is 1. The summed E-state index contributed by atoms with van der Waals surface area (Å²) in [6.07, 6.45) is 0. The number of nitrogens with one attached hydrogen (secondary N) is 1. The minimum absolute atomic E-state index is 0.0956. The number of nitrogens with two attached hydrogens (primary N) is 1. The van der Waals surface area contributed by atoms with Gasteiger partial charge < -0.3 is 15.0 Å². The zero-order valence-corrected chi connectivity index (χ0v) is 19.9. The second-order valence-electron chi connectivity index (χ2n) is 7.47. The van der Waals surface area contributed by atoms with Crippen LogP contribution in [0, 0.1) is 0 Å². The van der Waals surface area contributed by atoms with Gasteiger partial charge in [0.1, 0.15) is 11.4 Å². The van der Waals surface area contributed by atoms with Gasteiger partial charge in [0.05, 0.1) is 36.5 Å². The fourth-order valence-corrected chi connectivity index (χ4v) is 4.63. The minimum atomic E-state index is -0.814. The molecule has 0 spiro atoms. The van der Waals surface area contributed by atoms with E-state index in [0.29, 0.717) is 22.2 Å². The van der Waals surface area contributed by atoms with Crippen LogP contribution >= 0.6 is 23.4 Å². The van der Waals surface area contributed by atoms with Crippen molar-refractivity contribution in [1.82, 2.24) is 19.1 Å². The number of methoxy groups -OCH3 is 1. The molecule has 0 fully saturated rings. The summed E-state index contributed by atoms with van der Waals surface area (Å²) in [6, 6.07) is 15.3. The Labute approximate surface area is 203 Å². The second kappa shape index (κ2) is 10.3. The van der Waals surface area contributed by atoms with Gasteiger partial charge in [-0.3, -0.25) is 19.1 Å². The van der Waals surface area contributed by atoms with Crippen LogP contribution in [-0.2, 0) is 17.8 Å². The third-order valence-electron chi connectivity index (χ3n) is 5.23. The maximum atomic E-state index is 13.0. The number of ether oxygens (including phenoxy) is 1. The number of nitrogen functional groups attached to an aromatic ring is 1. The molecule has 2 heterocycles. The minimum Gasteiger partial charge on any atom is -0.384 e. The SMILES string of the molecule is COCCn1c(N)c(C(=O)CSc2nc3cc(Cl)ccc3n2Cc2ccccc2)c(=O)[nH]c1=O. The lowest BCUT2D eigenvalue weighted by Crippen LogP contribution is -2.37. The number of imidazole rings is 1. The van der Waals surface area contributed by atoms with Gasteiger partial charge in [0.25, 0.3) is 5.56 Å². The molecule has 4 aromatic rings. The fraction of sp³-hybridized carbons (Fsp3) is 0.217. The van der Waals surface area contributed by atoms with Crippen molar-refractivity contribution in [3.05, 3.63) is 85.5 Å². The van der Waals surface area contributed by atoms with E-state index in [0.717, 1.165) is 15.6 Å². The number of aromatic amines is 1. The number of Topliss-reactive ketones (excluding diaryl/α,β-unsaturated/α-hetero) is 1. The number of rotatable bonds is 9. The molecule has 9 nitrogen and oxygen atoms in total. The molecule has 0 radical (unpaired) electrons. The highest BCUT2D eigenvalue weighted by Crippen LogP contribution is 2.28. The Bertz CT molecular complexity index is 1460. The zero-order valence-electron chi connectivity index (χ0n) is 18.3. The molecule has 0 aliphatic carbocycles. The van der Waals surface area contributed by atoms with Crippen LogP contribution in [0.5, 0.6) is 0 Å². The van der Waals surface area contributed by atoms with Crippen LogP contribution in [-0.4, -0.2) is 44.4 Å². The summed E-state index contributed by atoms with van der Waals surface area (Å²) in [7, 11) is 1.48. The van der Waals surface area contributed by atoms with E-state index in [-0.39, 0.29) is 30.3 Å². The van der Waals surface area contributed by atoms with Crippen molar-refractivity contribution in [3.8, 4) is 0 Å². The molecule has 0 amide bonds. The van der Waals surface area contributed by atoms with E-state index in [1.54, 1.807) is 12.1 Å². The molecule has 0 bridgehead atoms. The molecule has 4 rings (SSSR count). The summed E-state index contributed by atoms with van der Waals surface area (Å²) in [6.45, 7) is 0.851. The Morgan fingerprint density at radius 2 is 1.94 bits per heavy atom. The first kappa shape index (κ1) is 23.8. The number of hydrogen-bond donors (Lipinski definition) is 2. The van der Waals surface area contributed by atoms with E-state index >= 15 is 0 Å². The number of hydrogen-bond acceptors (Lipinski definition) is 7. The highest BCUT2D eigenvalue weighted by atomic mass is 35.5. The molecule has 176 valence electrons. The largest absolute Gasteiger partial charge is 0.384 e. The van der Waals surface area contributed by atoms with Crippen LogP contribution in [0.25, 0.3) is 11.0 Å². The van der Waals surface area contributed by atoms with Gasteiger partial charge in [-0.15, -0.1) is 0 Å². The quantitative estimate of drug-likeness (QED) is 0.268. The monoisotopic (exact) mass is 499 g/mol. The van der Waals surface area contributed by atoms with Gasteiger partial charge in [0.15, 0.2) is 10.9 Å². The van der Waals surface area contributed by atoms with Crippen LogP contribution < -0.4 is 17.0 Å². The van der Waals surface area contributed by atoms with Gasteiger partial charge in [-0.05, 0) is 23.8 Å². The van der Waals surface area contributed by atoms with Crippen LogP contribution in [0.3, 0.4) is 0 Å². The number of anilines is 1. The van der Waals surface area contributed by atoms with Crippen LogP contribution in [0.4, 0.5) is 5.82 Å². The van der Waals surface area contributed by atoms with Gasteiger partial charge in [0.2, 0.25) is 0 Å². The van der Waals surface area contributed by atoms with Gasteiger partial charge in [-0.2, -0.15) is 0 Å². The van der Waals surface area contributed by atoms with E-state index in [4.69, 9.17) is 22.1 Å². The number of aromatic nitrogens is 4. The van der Waals surface area contributed by atoms with Gasteiger partial charge in [0, 0.05) is 12.1 Å². The number of benzene rings is 2. The summed E-state index contributed by atoms with van der Waals surface area (Å²) < 4.78 is 8.09. The zero-order chi connectivity index (χ0) is 24.2. The molecule has 3 N–H and O–H groups in total. The summed E-state index contributed by atoms with van der Waals surface area (Å²) in [4.78, 5) is 44.3. The number of halogens is 1. The Kier molecular flexibility index (Phi) is 7.20. The smallest absolute Gasteiger partial charge is 0.330 e. The first-order valence-electron chi connectivity index (χ1n) is 10.4. The van der Waals surface area contributed by atoms with Gasteiger partial charge in [-0.25, -0.2) is 9.78 Å². The Morgan fingerprint density at radius 1 is 1.18 bits per heavy atom. The molecule has 0 aliphatic rings. The predicted octanol–water partition coefficient (Wildman–Crippen LogP) is 2.79. The molecule has 2 aromatic heterocycles. The lowest BCUT2D eigenvalue weighted by molar-refractivity contribution is 0.102. The van der Waals surface area contributed by atoms with Crippen molar-refractivity contribution in [2.75, 3.05) is 25.2 Å². The lowest BCUT2D eigenvalue weighted by Gasteiger charge is -2.12. The first-order valence-corrected chi connectivity index (χ1v) is 11.7. The second-order valence-corrected chi connectivity index (χ2v) is 8.85. The molecule has 11 heteroatoms. The summed E-state index contributed by atoms with van der Waals surface area (Å²) in [5, 5.41) is 1.15. The number of nitrogens with zero attached hydrogens (tertiary/aromatic N) is 3. The van der Waals surface area contributed by atoms with Crippen LogP contribution in [0.15, 0.2) is 63.3 Å². The van der Waals surface area contributed by atoms with Crippen molar-refractivity contribution in [2.24, 2.45) is 0 Å². The van der Waals surface area contributed by atoms with E-state index in [2.05, 4.69) is 9.97 Å². The number of fused-ring (bicyclic) bond motifs is 1. The number of thioether (sulfide) groups is 1. The standard InChI is InChI=1S/C23H22ClN5O4S/c1-33-10-9-28-20(25)19(21(31)27-22(28)32)18(30)13-34-23-26-16-11-15(24)7-8-17(16)29(23)12-14-5-3-2-4-6-14/h2-8,11H,9-10,12-13,25H2,1H3,(H,27,31,32). The summed E-state index contributed by atoms with van der Waals surface area (Å²) >= 11 is 7.33. The van der Waals surface area contributed by atoms with Crippen LogP contribution in [0.1, 0.15) is 15.9 Å².